The van der Waals surface area contributed by atoms with E-state index in [2.05, 4.69) is 10.3 Å². The molecule has 0 amide bonds. The molecule has 0 aliphatic heterocycles. The molecule has 1 heterocycles. The van der Waals surface area contributed by atoms with E-state index in [1.807, 2.05) is 37.3 Å². The summed E-state index contributed by atoms with van der Waals surface area (Å²) in [7, 11) is 4.01. The molecule has 0 saturated carbocycles. The van der Waals surface area contributed by atoms with E-state index in [-0.39, 0.29) is 11.9 Å². The van der Waals surface area contributed by atoms with Crippen LogP contribution in [0.1, 0.15) is 23.6 Å². The Kier molecular flexibility index (Phi) is 3.30. The van der Waals surface area contributed by atoms with Crippen LogP contribution in [0.25, 0.3) is 0 Å². The molecule has 1 N–H and O–H groups in total. The summed E-state index contributed by atoms with van der Waals surface area (Å²) in [4.78, 5) is 6.23. The van der Waals surface area contributed by atoms with E-state index in [4.69, 9.17) is 0 Å². The lowest BCUT2D eigenvalue weighted by atomic mass is 10.1. The lowest BCUT2D eigenvalue weighted by molar-refractivity contribution is 0.612. The summed E-state index contributed by atoms with van der Waals surface area (Å²) < 4.78 is 13.8. The Bertz CT molecular complexity index is 625. The molecule has 3 rings (SSSR count). The predicted octanol–water partition coefficient (Wildman–Crippen LogP) is 3.39. The number of benzene rings is 1. The summed E-state index contributed by atoms with van der Waals surface area (Å²) >= 11 is 0. The van der Waals surface area contributed by atoms with Gasteiger partial charge in [-0.3, -0.25) is 4.98 Å². The Labute approximate surface area is 118 Å². The van der Waals surface area contributed by atoms with Crippen molar-refractivity contribution < 1.29 is 4.39 Å². The lowest BCUT2D eigenvalue weighted by Gasteiger charge is -2.21. The molecule has 0 saturated heterocycles. The zero-order valence-electron chi connectivity index (χ0n) is 11.7. The Hall–Kier alpha value is -2.10. The van der Waals surface area contributed by atoms with Gasteiger partial charge in [0.25, 0.3) is 0 Å². The fraction of sp³-hybridized carbons (Fsp3) is 0.312. The van der Waals surface area contributed by atoms with Crippen LogP contribution in [0.5, 0.6) is 0 Å². The highest BCUT2D eigenvalue weighted by Crippen LogP contribution is 2.36. The van der Waals surface area contributed by atoms with Crippen LogP contribution < -0.4 is 10.2 Å². The van der Waals surface area contributed by atoms with E-state index in [0.29, 0.717) is 0 Å². The maximum Gasteiger partial charge on any atom is 0.126 e. The molecule has 0 bridgehead atoms. The minimum atomic E-state index is -0.0918. The minimum absolute atomic E-state index is 0.0918. The molecule has 2 aromatic rings. The van der Waals surface area contributed by atoms with Crippen LogP contribution in [0.4, 0.5) is 15.8 Å². The van der Waals surface area contributed by atoms with E-state index in [1.54, 1.807) is 12.3 Å². The van der Waals surface area contributed by atoms with Crippen LogP contribution in [0.3, 0.4) is 0 Å². The maximum absolute atomic E-state index is 13.8. The van der Waals surface area contributed by atoms with E-state index >= 15 is 0 Å². The number of hydrogen-bond donors (Lipinski definition) is 1. The molecule has 0 spiro atoms. The largest absolute Gasteiger partial charge is 0.376 e. The quantitative estimate of drug-likeness (QED) is 0.927. The van der Waals surface area contributed by atoms with Crippen molar-refractivity contribution in [2.24, 2.45) is 0 Å². The minimum Gasteiger partial charge on any atom is -0.376 e. The zero-order valence-corrected chi connectivity index (χ0v) is 11.7. The monoisotopic (exact) mass is 271 g/mol. The fourth-order valence-electron chi connectivity index (χ4n) is 2.84. The third kappa shape index (κ3) is 2.22. The Morgan fingerprint density at radius 3 is 2.95 bits per heavy atom. The first kappa shape index (κ1) is 12.9. The molecule has 0 fully saturated rings. The molecule has 3 nitrogen and oxygen atoms in total. The van der Waals surface area contributed by atoms with Crippen LogP contribution in [-0.2, 0) is 6.42 Å². The Balaban J connectivity index is 1.90. The second-order valence-corrected chi connectivity index (χ2v) is 5.33. The van der Waals surface area contributed by atoms with E-state index in [1.165, 1.54) is 6.07 Å². The average molecular weight is 271 g/mol. The van der Waals surface area contributed by atoms with Gasteiger partial charge >= 0.3 is 0 Å². The van der Waals surface area contributed by atoms with Gasteiger partial charge in [0.2, 0.25) is 0 Å². The highest BCUT2D eigenvalue weighted by Gasteiger charge is 2.25. The van der Waals surface area contributed by atoms with Gasteiger partial charge in [-0.05, 0) is 36.1 Å². The van der Waals surface area contributed by atoms with Gasteiger partial charge in [0, 0.05) is 20.3 Å². The number of anilines is 2. The highest BCUT2D eigenvalue weighted by molar-refractivity contribution is 5.69. The van der Waals surface area contributed by atoms with Gasteiger partial charge in [-0.1, -0.05) is 12.1 Å². The number of nitrogens with zero attached hydrogens (tertiary/aromatic N) is 2. The zero-order chi connectivity index (χ0) is 14.1. The molecule has 20 heavy (non-hydrogen) atoms. The van der Waals surface area contributed by atoms with Gasteiger partial charge in [-0.25, -0.2) is 4.39 Å². The molecule has 0 radical (unpaired) electrons. The van der Waals surface area contributed by atoms with Gasteiger partial charge in [0.15, 0.2) is 0 Å². The Morgan fingerprint density at radius 2 is 2.15 bits per heavy atom. The number of pyridine rings is 1. The molecular weight excluding hydrogens is 253 g/mol. The summed E-state index contributed by atoms with van der Waals surface area (Å²) in [6.07, 6.45) is 5.31. The number of halogens is 1. The van der Waals surface area contributed by atoms with E-state index < -0.39 is 0 Å². The summed E-state index contributed by atoms with van der Waals surface area (Å²) in [5, 5.41) is 3.50. The molecule has 1 aliphatic rings. The smallest absolute Gasteiger partial charge is 0.126 e. The van der Waals surface area contributed by atoms with Gasteiger partial charge in [0.05, 0.1) is 23.6 Å². The van der Waals surface area contributed by atoms with Crippen molar-refractivity contribution >= 4 is 11.4 Å². The second-order valence-electron chi connectivity index (χ2n) is 5.33. The fourth-order valence-corrected chi connectivity index (χ4v) is 2.84. The van der Waals surface area contributed by atoms with E-state index in [0.717, 1.165) is 35.3 Å². The van der Waals surface area contributed by atoms with Crippen LogP contribution in [0, 0.1) is 5.82 Å². The normalized spacial score (nSPS) is 16.9. The number of rotatable bonds is 3. The van der Waals surface area contributed by atoms with Crippen molar-refractivity contribution in [1.82, 2.24) is 4.98 Å². The molecular formula is C16H18FN3. The van der Waals surface area contributed by atoms with Crippen molar-refractivity contribution in [3.63, 3.8) is 0 Å². The average Bonchev–Trinajstić information content (AvgIpc) is 2.84. The molecule has 104 valence electrons. The molecule has 1 aliphatic carbocycles. The van der Waals surface area contributed by atoms with Gasteiger partial charge in [-0.15, -0.1) is 0 Å². The SMILES string of the molecule is CN(C)c1ccncc1NC1CCc2c(F)cccc21. The third-order valence-corrected chi connectivity index (χ3v) is 3.82. The summed E-state index contributed by atoms with van der Waals surface area (Å²) in [6.45, 7) is 0. The molecule has 1 aromatic heterocycles. The lowest BCUT2D eigenvalue weighted by Crippen LogP contribution is -2.14. The second kappa shape index (κ2) is 5.12. The first-order valence-corrected chi connectivity index (χ1v) is 6.82. The Morgan fingerprint density at radius 1 is 1.30 bits per heavy atom. The van der Waals surface area contributed by atoms with Crippen molar-refractivity contribution in [3.8, 4) is 0 Å². The summed E-state index contributed by atoms with van der Waals surface area (Å²) in [5.74, 6) is -0.0918. The van der Waals surface area contributed by atoms with Crippen molar-refractivity contribution in [1.29, 1.82) is 0 Å². The first-order chi connectivity index (χ1) is 9.66. The van der Waals surface area contributed by atoms with Crippen molar-refractivity contribution in [3.05, 3.63) is 53.6 Å². The van der Waals surface area contributed by atoms with Crippen LogP contribution in [-0.4, -0.2) is 19.1 Å². The van der Waals surface area contributed by atoms with Crippen LogP contribution in [0.2, 0.25) is 0 Å². The molecule has 1 atom stereocenters. The predicted molar refractivity (Wildman–Crippen MR) is 79.6 cm³/mol. The number of hydrogen-bond acceptors (Lipinski definition) is 3. The highest BCUT2D eigenvalue weighted by atomic mass is 19.1. The third-order valence-electron chi connectivity index (χ3n) is 3.82. The van der Waals surface area contributed by atoms with Crippen LogP contribution >= 0.6 is 0 Å². The maximum atomic E-state index is 13.8. The van der Waals surface area contributed by atoms with E-state index in [9.17, 15) is 4.39 Å². The van der Waals surface area contributed by atoms with Gasteiger partial charge in [-0.2, -0.15) is 0 Å². The number of fused-ring (bicyclic) bond motifs is 1. The van der Waals surface area contributed by atoms with Crippen molar-refractivity contribution in [2.45, 2.75) is 18.9 Å². The molecule has 4 heteroatoms. The first-order valence-electron chi connectivity index (χ1n) is 6.82. The van der Waals surface area contributed by atoms with Crippen molar-refractivity contribution in [2.75, 3.05) is 24.3 Å². The van der Waals surface area contributed by atoms with Crippen LogP contribution in [0.15, 0.2) is 36.7 Å². The van der Waals surface area contributed by atoms with Gasteiger partial charge in [0.1, 0.15) is 5.82 Å². The summed E-state index contributed by atoms with van der Waals surface area (Å²) in [5.41, 5.74) is 3.99. The molecule has 1 unspecified atom stereocenters. The summed E-state index contributed by atoms with van der Waals surface area (Å²) in [6, 6.07) is 7.46. The number of aromatic nitrogens is 1. The standard InChI is InChI=1S/C16H18FN3/c1-20(2)16-8-9-18-10-15(16)19-14-7-6-11-12(14)4-3-5-13(11)17/h3-5,8-10,14,19H,6-7H2,1-2H3. The van der Waals surface area contributed by atoms with Gasteiger partial charge < -0.3 is 10.2 Å². The number of nitrogens with one attached hydrogen (secondary N) is 1. The topological polar surface area (TPSA) is 28.2 Å². The molecule has 1 aromatic carbocycles.